The second-order valence-electron chi connectivity index (χ2n) is 8.40. The third-order valence-corrected chi connectivity index (χ3v) is 5.93. The van der Waals surface area contributed by atoms with Crippen LogP contribution in [0.1, 0.15) is 45.4 Å². The third-order valence-electron chi connectivity index (χ3n) is 5.93. The van der Waals surface area contributed by atoms with Gasteiger partial charge in [-0.25, -0.2) is 0 Å². The van der Waals surface area contributed by atoms with Crippen LogP contribution in [-0.2, 0) is 9.59 Å². The predicted molar refractivity (Wildman–Crippen MR) is 126 cm³/mol. The lowest BCUT2D eigenvalue weighted by Crippen LogP contribution is -2.36. The van der Waals surface area contributed by atoms with Crippen LogP contribution in [0.3, 0.4) is 0 Å². The van der Waals surface area contributed by atoms with E-state index in [2.05, 4.69) is 4.98 Å². The maximum Gasteiger partial charge on any atom is 0.400 e. The summed E-state index contributed by atoms with van der Waals surface area (Å²) >= 11 is 0. The molecule has 0 bridgehead atoms. The molecule has 0 aliphatic heterocycles. The average Bonchev–Trinajstić information content (AvgIpc) is 3.28. The Morgan fingerprint density at radius 3 is 2.59 bits per heavy atom. The van der Waals surface area contributed by atoms with Crippen molar-refractivity contribution in [3.8, 4) is 23.3 Å². The number of oxazole rings is 1. The Morgan fingerprint density at radius 1 is 1.06 bits per heavy atom. The Hall–Kier alpha value is -3.55. The topological polar surface area (TPSA) is 91.1 Å². The van der Waals surface area contributed by atoms with Crippen molar-refractivity contribution >= 4 is 23.0 Å². The van der Waals surface area contributed by atoms with Gasteiger partial charge in [0, 0.05) is 19.4 Å². The quantitative estimate of drug-likeness (QED) is 0.310. The molecular formula is C26H30N2O6. The average molecular weight is 467 g/mol. The Kier molecular flexibility index (Phi) is 7.67. The number of hydrogen-bond acceptors (Lipinski definition) is 7. The summed E-state index contributed by atoms with van der Waals surface area (Å²) in [6.45, 7) is 2.38. The Labute approximate surface area is 198 Å². The van der Waals surface area contributed by atoms with Gasteiger partial charge >= 0.3 is 12.0 Å². The molecule has 1 aliphatic carbocycles. The van der Waals surface area contributed by atoms with Gasteiger partial charge in [0.1, 0.15) is 12.1 Å². The highest BCUT2D eigenvalue weighted by Crippen LogP contribution is 2.40. The van der Waals surface area contributed by atoms with Crippen molar-refractivity contribution < 1.29 is 28.2 Å². The molecule has 180 valence electrons. The molecule has 1 aliphatic rings. The molecule has 1 aromatic heterocycles. The lowest BCUT2D eigenvalue weighted by molar-refractivity contribution is -0.135. The molecule has 34 heavy (non-hydrogen) atoms. The van der Waals surface area contributed by atoms with E-state index in [4.69, 9.17) is 18.6 Å². The predicted octanol–water partition coefficient (Wildman–Crippen LogP) is 5.35. The number of amides is 1. The van der Waals surface area contributed by atoms with Gasteiger partial charge in [-0.05, 0) is 37.1 Å². The number of nitrogens with zero attached hydrogens (tertiary/aromatic N) is 2. The van der Waals surface area contributed by atoms with Gasteiger partial charge in [-0.15, -0.1) is 0 Å². The molecule has 8 nitrogen and oxygen atoms in total. The number of carbonyl (C=O) groups is 2. The van der Waals surface area contributed by atoms with E-state index in [1.165, 1.54) is 6.42 Å². The normalized spacial score (nSPS) is 14.1. The standard InChI is InChI=1S/C26H30N2O6/c1-3-23(29)34-24-21(31-17-16-28(2)25(30)18-10-5-4-6-11-18)14-9-15-22(24)33-26-27-19-12-7-8-13-20(19)32-26/h7-9,12-15,18H,3-6,10-11,16-17H2,1-2H3. The summed E-state index contributed by atoms with van der Waals surface area (Å²) in [7, 11) is 1.80. The first-order valence-corrected chi connectivity index (χ1v) is 11.8. The maximum atomic E-state index is 12.7. The first-order chi connectivity index (χ1) is 16.5. The number of benzene rings is 2. The highest BCUT2D eigenvalue weighted by molar-refractivity contribution is 5.78. The van der Waals surface area contributed by atoms with Gasteiger partial charge < -0.3 is 23.5 Å². The monoisotopic (exact) mass is 466 g/mol. The Bertz CT molecular complexity index is 1100. The minimum atomic E-state index is -0.428. The number of esters is 1. The molecule has 1 saturated carbocycles. The van der Waals surface area contributed by atoms with Crippen LogP contribution in [-0.4, -0.2) is 42.0 Å². The molecule has 0 spiro atoms. The second-order valence-corrected chi connectivity index (χ2v) is 8.40. The summed E-state index contributed by atoms with van der Waals surface area (Å²) < 4.78 is 22.9. The molecule has 1 fully saturated rings. The smallest absolute Gasteiger partial charge is 0.400 e. The van der Waals surface area contributed by atoms with Gasteiger partial charge in [0.15, 0.2) is 17.1 Å². The Balaban J connectivity index is 1.46. The van der Waals surface area contributed by atoms with Crippen molar-refractivity contribution in [2.24, 2.45) is 5.92 Å². The number of para-hydroxylation sites is 3. The van der Waals surface area contributed by atoms with Crippen LogP contribution in [0.5, 0.6) is 23.3 Å². The van der Waals surface area contributed by atoms with Crippen LogP contribution in [0.15, 0.2) is 46.9 Å². The lowest BCUT2D eigenvalue weighted by atomic mass is 9.88. The zero-order valence-electron chi connectivity index (χ0n) is 19.6. The first-order valence-electron chi connectivity index (χ1n) is 11.8. The van der Waals surface area contributed by atoms with Crippen LogP contribution in [0, 0.1) is 5.92 Å². The molecular weight excluding hydrogens is 436 g/mol. The van der Waals surface area contributed by atoms with Gasteiger partial charge in [0.05, 0.1) is 6.54 Å². The van der Waals surface area contributed by atoms with E-state index in [0.717, 1.165) is 25.7 Å². The number of likely N-dealkylation sites (N-methyl/N-ethyl adjacent to an activating group) is 1. The molecule has 1 amide bonds. The fraction of sp³-hybridized carbons (Fsp3) is 0.423. The molecule has 0 saturated heterocycles. The molecule has 2 aromatic carbocycles. The Morgan fingerprint density at radius 2 is 1.82 bits per heavy atom. The van der Waals surface area contributed by atoms with E-state index in [1.807, 2.05) is 18.2 Å². The zero-order valence-corrected chi connectivity index (χ0v) is 19.6. The van der Waals surface area contributed by atoms with E-state index in [1.54, 1.807) is 43.1 Å². The summed E-state index contributed by atoms with van der Waals surface area (Å²) in [5.41, 5.74) is 1.24. The van der Waals surface area contributed by atoms with E-state index in [9.17, 15) is 9.59 Å². The molecule has 0 N–H and O–H groups in total. The van der Waals surface area contributed by atoms with Crippen molar-refractivity contribution in [3.63, 3.8) is 0 Å². The number of ether oxygens (including phenoxy) is 3. The highest BCUT2D eigenvalue weighted by atomic mass is 16.6. The highest BCUT2D eigenvalue weighted by Gasteiger charge is 2.24. The fourth-order valence-electron chi connectivity index (χ4n) is 4.03. The molecule has 3 aromatic rings. The summed E-state index contributed by atoms with van der Waals surface area (Å²) in [4.78, 5) is 30.8. The third kappa shape index (κ3) is 5.68. The van der Waals surface area contributed by atoms with Gasteiger partial charge in [-0.2, -0.15) is 4.98 Å². The summed E-state index contributed by atoms with van der Waals surface area (Å²) in [5.74, 6) is 0.578. The molecule has 0 unspecified atom stereocenters. The summed E-state index contributed by atoms with van der Waals surface area (Å²) in [6.07, 6.45) is 5.56. The van der Waals surface area contributed by atoms with Crippen molar-refractivity contribution in [2.75, 3.05) is 20.2 Å². The van der Waals surface area contributed by atoms with Gasteiger partial charge in [0.2, 0.25) is 11.7 Å². The number of carbonyl (C=O) groups excluding carboxylic acids is 2. The van der Waals surface area contributed by atoms with Crippen molar-refractivity contribution in [2.45, 2.75) is 45.4 Å². The fourth-order valence-corrected chi connectivity index (χ4v) is 4.03. The lowest BCUT2D eigenvalue weighted by Gasteiger charge is -2.26. The molecule has 8 heteroatoms. The molecule has 0 atom stereocenters. The minimum Gasteiger partial charge on any atom is -0.488 e. The van der Waals surface area contributed by atoms with Gasteiger partial charge in [-0.3, -0.25) is 9.59 Å². The van der Waals surface area contributed by atoms with E-state index >= 15 is 0 Å². The van der Waals surface area contributed by atoms with Crippen LogP contribution in [0.2, 0.25) is 0 Å². The maximum absolute atomic E-state index is 12.7. The summed E-state index contributed by atoms with van der Waals surface area (Å²) in [6, 6.07) is 12.4. The van der Waals surface area contributed by atoms with E-state index in [-0.39, 0.29) is 42.4 Å². The number of hydrogen-bond donors (Lipinski definition) is 0. The van der Waals surface area contributed by atoms with Crippen LogP contribution in [0.4, 0.5) is 0 Å². The van der Waals surface area contributed by atoms with Crippen LogP contribution < -0.4 is 14.2 Å². The van der Waals surface area contributed by atoms with Crippen LogP contribution >= 0.6 is 0 Å². The number of rotatable bonds is 9. The van der Waals surface area contributed by atoms with Gasteiger partial charge in [-0.1, -0.05) is 44.4 Å². The van der Waals surface area contributed by atoms with E-state index in [0.29, 0.717) is 23.4 Å². The molecule has 1 heterocycles. The van der Waals surface area contributed by atoms with Crippen molar-refractivity contribution in [3.05, 3.63) is 42.5 Å². The summed E-state index contributed by atoms with van der Waals surface area (Å²) in [5, 5.41) is 0. The van der Waals surface area contributed by atoms with E-state index < -0.39 is 5.97 Å². The minimum absolute atomic E-state index is 0.0324. The van der Waals surface area contributed by atoms with Crippen LogP contribution in [0.25, 0.3) is 11.1 Å². The first kappa shape index (κ1) is 23.6. The second kappa shape index (κ2) is 11.0. The largest absolute Gasteiger partial charge is 0.488 e. The molecule has 4 rings (SSSR count). The zero-order chi connectivity index (χ0) is 23.9. The number of fused-ring (bicyclic) bond motifs is 1. The van der Waals surface area contributed by atoms with Gasteiger partial charge in [0.25, 0.3) is 0 Å². The molecule has 0 radical (unpaired) electrons. The number of aromatic nitrogens is 1. The van der Waals surface area contributed by atoms with Crippen molar-refractivity contribution in [1.82, 2.24) is 9.88 Å². The SMILES string of the molecule is CCC(=O)Oc1c(OCCN(C)C(=O)C2CCCCC2)cccc1Oc1nc2ccccc2o1. The van der Waals surface area contributed by atoms with Crippen molar-refractivity contribution in [1.29, 1.82) is 0 Å².